The molecule has 4 nitrogen and oxygen atoms in total. The first-order valence-electron chi connectivity index (χ1n) is 6.32. The molecule has 1 N–H and O–H groups in total. The van der Waals surface area contributed by atoms with Crippen molar-refractivity contribution < 1.29 is 17.9 Å². The zero-order valence-electron chi connectivity index (χ0n) is 10.8. The second kappa shape index (κ2) is 5.46. The van der Waals surface area contributed by atoms with Crippen LogP contribution in [0.4, 0.5) is 10.1 Å². The molecule has 1 saturated heterocycles. The quantitative estimate of drug-likeness (QED) is 0.895. The molecule has 106 valence electrons. The summed E-state index contributed by atoms with van der Waals surface area (Å²) in [6.07, 6.45) is -0.304. The maximum atomic E-state index is 14.0. The van der Waals surface area contributed by atoms with Crippen molar-refractivity contribution in [2.75, 3.05) is 29.5 Å². The monoisotopic (exact) mass is 287 g/mol. The van der Waals surface area contributed by atoms with Crippen LogP contribution in [0, 0.1) is 5.82 Å². The van der Waals surface area contributed by atoms with Crippen LogP contribution >= 0.6 is 0 Å². The number of nitrogens with zero attached hydrogens (tertiary/aromatic N) is 1. The molecule has 6 heteroatoms. The fraction of sp³-hybridized carbons (Fsp3) is 0.538. The van der Waals surface area contributed by atoms with E-state index in [0.717, 1.165) is 0 Å². The standard InChI is InChI=1S/C13H18FNO3S/c1-10(16)11-4-2-5-12(14)13(11)15-6-3-8-19(17,18)9-7-15/h2,4-5,10,16H,3,6-9H2,1H3. The Labute approximate surface area is 112 Å². The molecule has 0 radical (unpaired) electrons. The normalized spacial score (nSPS) is 20.9. The highest BCUT2D eigenvalue weighted by atomic mass is 32.2. The summed E-state index contributed by atoms with van der Waals surface area (Å²) < 4.78 is 37.2. The first-order chi connectivity index (χ1) is 8.91. The smallest absolute Gasteiger partial charge is 0.152 e. The van der Waals surface area contributed by atoms with Crippen molar-refractivity contribution in [2.45, 2.75) is 19.4 Å². The first-order valence-corrected chi connectivity index (χ1v) is 8.15. The molecule has 19 heavy (non-hydrogen) atoms. The van der Waals surface area contributed by atoms with Crippen LogP contribution < -0.4 is 4.90 Å². The second-order valence-electron chi connectivity index (χ2n) is 4.85. The average molecular weight is 287 g/mol. The number of sulfone groups is 1. The fourth-order valence-electron chi connectivity index (χ4n) is 2.36. The van der Waals surface area contributed by atoms with E-state index >= 15 is 0 Å². The number of rotatable bonds is 2. The third kappa shape index (κ3) is 3.25. The molecule has 1 atom stereocenters. The highest BCUT2D eigenvalue weighted by Gasteiger charge is 2.24. The van der Waals surface area contributed by atoms with E-state index < -0.39 is 21.8 Å². The first kappa shape index (κ1) is 14.3. The fourth-order valence-corrected chi connectivity index (χ4v) is 3.64. The lowest BCUT2D eigenvalue weighted by atomic mass is 10.1. The number of para-hydroxylation sites is 1. The Morgan fingerprint density at radius 2 is 2.05 bits per heavy atom. The Bertz CT molecular complexity index is 557. The zero-order valence-corrected chi connectivity index (χ0v) is 11.7. The van der Waals surface area contributed by atoms with Gasteiger partial charge in [0.25, 0.3) is 0 Å². The molecule has 0 amide bonds. The summed E-state index contributed by atoms with van der Waals surface area (Å²) >= 11 is 0. The van der Waals surface area contributed by atoms with E-state index in [0.29, 0.717) is 24.2 Å². The molecular formula is C13H18FNO3S. The SMILES string of the molecule is CC(O)c1cccc(F)c1N1CCCS(=O)(=O)CC1. The van der Waals surface area contributed by atoms with E-state index in [1.807, 2.05) is 0 Å². The van der Waals surface area contributed by atoms with Crippen molar-refractivity contribution in [2.24, 2.45) is 0 Å². The van der Waals surface area contributed by atoms with Crippen LogP contribution in [0.15, 0.2) is 18.2 Å². The largest absolute Gasteiger partial charge is 0.389 e. The van der Waals surface area contributed by atoms with Crippen molar-refractivity contribution in [3.63, 3.8) is 0 Å². The predicted octanol–water partition coefficient (Wildman–Crippen LogP) is 1.50. The molecule has 0 aliphatic carbocycles. The van der Waals surface area contributed by atoms with Gasteiger partial charge in [0.15, 0.2) is 9.84 Å². The van der Waals surface area contributed by atoms with Gasteiger partial charge in [-0.15, -0.1) is 0 Å². The molecule has 1 unspecified atom stereocenters. The molecule has 1 aromatic rings. The number of hydrogen-bond donors (Lipinski definition) is 1. The van der Waals surface area contributed by atoms with Gasteiger partial charge >= 0.3 is 0 Å². The summed E-state index contributed by atoms with van der Waals surface area (Å²) in [5.74, 6) is -0.250. The minimum atomic E-state index is -3.03. The molecule has 1 aromatic carbocycles. The van der Waals surface area contributed by atoms with Crippen LogP contribution in [-0.4, -0.2) is 38.1 Å². The molecular weight excluding hydrogens is 269 g/mol. The minimum Gasteiger partial charge on any atom is -0.389 e. The van der Waals surface area contributed by atoms with Gasteiger partial charge in [-0.2, -0.15) is 0 Å². The average Bonchev–Trinajstić information content (AvgIpc) is 2.50. The number of hydrogen-bond acceptors (Lipinski definition) is 4. The maximum absolute atomic E-state index is 14.0. The summed E-state index contributed by atoms with van der Waals surface area (Å²) in [5, 5.41) is 9.72. The Morgan fingerprint density at radius 3 is 2.74 bits per heavy atom. The molecule has 0 aromatic heterocycles. The number of aliphatic hydroxyl groups is 1. The third-order valence-corrected chi connectivity index (χ3v) is 5.06. The summed E-state index contributed by atoms with van der Waals surface area (Å²) in [4.78, 5) is 1.72. The Morgan fingerprint density at radius 1 is 1.32 bits per heavy atom. The van der Waals surface area contributed by atoms with Gasteiger partial charge in [-0.1, -0.05) is 12.1 Å². The number of aliphatic hydroxyl groups excluding tert-OH is 1. The van der Waals surface area contributed by atoms with Crippen molar-refractivity contribution >= 4 is 15.5 Å². The van der Waals surface area contributed by atoms with Gasteiger partial charge in [0.05, 0.1) is 23.3 Å². The van der Waals surface area contributed by atoms with Gasteiger partial charge in [-0.05, 0) is 19.4 Å². The summed E-state index contributed by atoms with van der Waals surface area (Å²) in [6.45, 7) is 2.33. The van der Waals surface area contributed by atoms with Crippen LogP contribution in [0.3, 0.4) is 0 Å². The van der Waals surface area contributed by atoms with E-state index in [4.69, 9.17) is 0 Å². The molecule has 2 rings (SSSR count). The molecule has 0 saturated carbocycles. The lowest BCUT2D eigenvalue weighted by Gasteiger charge is -2.26. The summed E-state index contributed by atoms with van der Waals surface area (Å²) in [7, 11) is -3.03. The number of anilines is 1. The van der Waals surface area contributed by atoms with Crippen LogP contribution in [0.5, 0.6) is 0 Å². The van der Waals surface area contributed by atoms with E-state index in [1.165, 1.54) is 6.07 Å². The van der Waals surface area contributed by atoms with Gasteiger partial charge in [-0.3, -0.25) is 0 Å². The van der Waals surface area contributed by atoms with Crippen molar-refractivity contribution in [1.82, 2.24) is 0 Å². The van der Waals surface area contributed by atoms with Gasteiger partial charge in [0.2, 0.25) is 0 Å². The van der Waals surface area contributed by atoms with Gasteiger partial charge in [-0.25, -0.2) is 12.8 Å². The second-order valence-corrected chi connectivity index (χ2v) is 7.15. The molecule has 1 fully saturated rings. The van der Waals surface area contributed by atoms with Crippen LogP contribution in [0.2, 0.25) is 0 Å². The molecule has 1 heterocycles. The highest BCUT2D eigenvalue weighted by Crippen LogP contribution is 2.30. The molecule has 0 bridgehead atoms. The lowest BCUT2D eigenvalue weighted by Crippen LogP contribution is -2.29. The third-order valence-electron chi connectivity index (χ3n) is 3.34. The van der Waals surface area contributed by atoms with Crippen molar-refractivity contribution in [3.05, 3.63) is 29.6 Å². The van der Waals surface area contributed by atoms with Crippen molar-refractivity contribution in [3.8, 4) is 0 Å². The Kier molecular flexibility index (Phi) is 4.10. The van der Waals surface area contributed by atoms with Crippen molar-refractivity contribution in [1.29, 1.82) is 0 Å². The number of halogens is 1. The summed E-state index contributed by atoms with van der Waals surface area (Å²) in [5.41, 5.74) is 0.828. The van der Waals surface area contributed by atoms with Crippen LogP contribution in [0.1, 0.15) is 25.0 Å². The predicted molar refractivity (Wildman–Crippen MR) is 72.5 cm³/mol. The topological polar surface area (TPSA) is 57.6 Å². The maximum Gasteiger partial charge on any atom is 0.152 e. The Balaban J connectivity index is 2.36. The van der Waals surface area contributed by atoms with Gasteiger partial charge in [0.1, 0.15) is 5.82 Å². The minimum absolute atomic E-state index is 0.0284. The van der Waals surface area contributed by atoms with E-state index in [9.17, 15) is 17.9 Å². The molecule has 1 aliphatic rings. The van der Waals surface area contributed by atoms with E-state index in [1.54, 1.807) is 24.0 Å². The number of benzene rings is 1. The zero-order chi connectivity index (χ0) is 14.0. The Hall–Kier alpha value is -1.14. The lowest BCUT2D eigenvalue weighted by molar-refractivity contribution is 0.199. The summed E-state index contributed by atoms with van der Waals surface area (Å²) in [6, 6.07) is 4.55. The van der Waals surface area contributed by atoms with Gasteiger partial charge < -0.3 is 10.0 Å². The van der Waals surface area contributed by atoms with E-state index in [-0.39, 0.29) is 18.1 Å². The van der Waals surface area contributed by atoms with Crippen LogP contribution in [0.25, 0.3) is 0 Å². The van der Waals surface area contributed by atoms with E-state index in [2.05, 4.69) is 0 Å². The van der Waals surface area contributed by atoms with Crippen LogP contribution in [-0.2, 0) is 9.84 Å². The van der Waals surface area contributed by atoms with Gasteiger partial charge in [0, 0.05) is 18.7 Å². The molecule has 0 spiro atoms. The highest BCUT2D eigenvalue weighted by molar-refractivity contribution is 7.91. The molecule has 1 aliphatic heterocycles.